The average Bonchev–Trinajstić information content (AvgIpc) is 3.39. The van der Waals surface area contributed by atoms with Gasteiger partial charge in [-0.15, -0.1) is 0 Å². The Morgan fingerprint density at radius 3 is 2.64 bits per heavy atom. The van der Waals surface area contributed by atoms with Crippen molar-refractivity contribution in [2.24, 2.45) is 0 Å². The molecule has 6 nitrogen and oxygen atoms in total. The summed E-state index contributed by atoms with van der Waals surface area (Å²) >= 11 is 12.2. The van der Waals surface area contributed by atoms with Crippen LogP contribution in [-0.4, -0.2) is 25.0 Å². The molecule has 1 unspecified atom stereocenters. The number of halogens is 4. The minimum Gasteiger partial charge on any atom is -0.384 e. The summed E-state index contributed by atoms with van der Waals surface area (Å²) in [4.78, 5) is 16.0. The van der Waals surface area contributed by atoms with E-state index in [1.54, 1.807) is 24.4 Å². The fourth-order valence-electron chi connectivity index (χ4n) is 4.17. The topological polar surface area (TPSA) is 101 Å². The number of aromatic amines is 1. The number of imidazole rings is 1. The van der Waals surface area contributed by atoms with Crippen LogP contribution in [0.2, 0.25) is 10.2 Å². The molecule has 0 bridgehead atoms. The molecule has 0 spiro atoms. The lowest BCUT2D eigenvalue weighted by Gasteiger charge is -2.20. The van der Waals surface area contributed by atoms with Crippen LogP contribution in [0.3, 0.4) is 0 Å². The zero-order valence-electron chi connectivity index (χ0n) is 17.0. The highest BCUT2D eigenvalue weighted by Crippen LogP contribution is 2.42. The number of nitrogens with zero attached hydrogens (tertiary/aromatic N) is 3. The number of nitrogens with one attached hydrogen (secondary N) is 1. The van der Waals surface area contributed by atoms with Gasteiger partial charge in [0.25, 0.3) is 6.43 Å². The summed E-state index contributed by atoms with van der Waals surface area (Å²) in [5.74, 6) is 0.599. The lowest BCUT2D eigenvalue weighted by Crippen LogP contribution is -2.26. The zero-order valence-corrected chi connectivity index (χ0v) is 18.5. The first-order valence-electron chi connectivity index (χ1n) is 10.0. The van der Waals surface area contributed by atoms with E-state index in [-0.39, 0.29) is 10.7 Å². The van der Waals surface area contributed by atoms with Crippen molar-refractivity contribution < 1.29 is 13.9 Å². The van der Waals surface area contributed by atoms with Gasteiger partial charge in [-0.25, -0.2) is 18.7 Å². The van der Waals surface area contributed by atoms with E-state index in [0.29, 0.717) is 57.6 Å². The summed E-state index contributed by atoms with van der Waals surface area (Å²) < 4.78 is 27.0. The van der Waals surface area contributed by atoms with E-state index in [1.165, 1.54) is 24.4 Å². The summed E-state index contributed by atoms with van der Waals surface area (Å²) in [6, 6.07) is 9.34. The van der Waals surface area contributed by atoms with Gasteiger partial charge in [-0.2, -0.15) is 0 Å². The van der Waals surface area contributed by atoms with Crippen LogP contribution in [0.15, 0.2) is 48.8 Å². The second kappa shape index (κ2) is 8.06. The minimum absolute atomic E-state index is 0.126. The van der Waals surface area contributed by atoms with Crippen molar-refractivity contribution in [3.05, 3.63) is 81.6 Å². The highest BCUT2D eigenvalue weighted by molar-refractivity contribution is 6.32. The van der Waals surface area contributed by atoms with Crippen LogP contribution in [0.25, 0.3) is 22.4 Å². The van der Waals surface area contributed by atoms with Crippen molar-refractivity contribution in [1.29, 1.82) is 0 Å². The number of fused-ring (bicyclic) bond motifs is 1. The van der Waals surface area contributed by atoms with E-state index in [4.69, 9.17) is 28.9 Å². The molecule has 3 heterocycles. The lowest BCUT2D eigenvalue weighted by atomic mass is 9.97. The largest absolute Gasteiger partial charge is 0.384 e. The molecule has 0 amide bonds. The highest BCUT2D eigenvalue weighted by Gasteiger charge is 2.42. The highest BCUT2D eigenvalue weighted by atomic mass is 35.5. The maximum Gasteiger partial charge on any atom is 0.264 e. The molecule has 33 heavy (non-hydrogen) atoms. The molecule has 0 radical (unpaired) electrons. The van der Waals surface area contributed by atoms with Gasteiger partial charge in [0.15, 0.2) is 5.60 Å². The first kappa shape index (κ1) is 21.8. The number of pyridine rings is 2. The molecule has 1 atom stereocenters. The van der Waals surface area contributed by atoms with Crippen LogP contribution in [0.1, 0.15) is 35.5 Å². The molecule has 1 aromatic carbocycles. The number of alkyl halides is 2. The molecule has 0 fully saturated rings. The van der Waals surface area contributed by atoms with E-state index in [9.17, 15) is 13.9 Å². The van der Waals surface area contributed by atoms with E-state index in [1.807, 2.05) is 0 Å². The SMILES string of the molecule is Nc1ccc(-c2cnc(C3(O)CCc4cc(-c5cc(Cl)ccc5C(F)F)cnc43)[nH]2)c(Cl)n1. The number of aromatic nitrogens is 4. The maximum absolute atomic E-state index is 13.5. The van der Waals surface area contributed by atoms with Gasteiger partial charge in [-0.1, -0.05) is 29.3 Å². The van der Waals surface area contributed by atoms with Crippen molar-refractivity contribution in [3.63, 3.8) is 0 Å². The summed E-state index contributed by atoms with van der Waals surface area (Å²) in [7, 11) is 0. The molecule has 4 aromatic rings. The maximum atomic E-state index is 13.5. The number of aliphatic hydroxyl groups is 1. The fraction of sp³-hybridized carbons (Fsp3) is 0.174. The van der Waals surface area contributed by atoms with Gasteiger partial charge in [0.1, 0.15) is 16.8 Å². The van der Waals surface area contributed by atoms with E-state index < -0.39 is 12.0 Å². The third kappa shape index (κ3) is 3.74. The van der Waals surface area contributed by atoms with Crippen molar-refractivity contribution in [2.75, 3.05) is 5.73 Å². The molecule has 5 rings (SSSR count). The number of rotatable bonds is 4. The van der Waals surface area contributed by atoms with Crippen molar-refractivity contribution >= 4 is 29.0 Å². The summed E-state index contributed by atoms with van der Waals surface area (Å²) in [5, 5.41) is 12.0. The number of hydrogen-bond donors (Lipinski definition) is 3. The number of nitrogens with two attached hydrogens (primary N) is 1. The van der Waals surface area contributed by atoms with Gasteiger partial charge in [0.2, 0.25) is 0 Å². The van der Waals surface area contributed by atoms with Crippen LogP contribution in [0.4, 0.5) is 14.6 Å². The summed E-state index contributed by atoms with van der Waals surface area (Å²) in [5.41, 5.74) is 7.23. The predicted molar refractivity (Wildman–Crippen MR) is 122 cm³/mol. The van der Waals surface area contributed by atoms with Crippen LogP contribution in [0, 0.1) is 0 Å². The van der Waals surface area contributed by atoms with Crippen LogP contribution < -0.4 is 5.73 Å². The van der Waals surface area contributed by atoms with Gasteiger partial charge in [0.05, 0.1) is 17.6 Å². The number of H-pyrrole nitrogens is 1. The first-order valence-corrected chi connectivity index (χ1v) is 10.8. The Balaban J connectivity index is 1.53. The predicted octanol–water partition coefficient (Wildman–Crippen LogP) is 5.54. The average molecular weight is 488 g/mol. The molecule has 1 aliphatic carbocycles. The standard InChI is InChI=1S/C23H17Cl2F2N5O/c24-13-1-2-14(21(26)27)16(8-13)12-7-11-5-6-23(33,19(11)29-9-12)22-30-10-17(31-22)15-3-4-18(28)32-20(15)25/h1-4,7-10,21,33H,5-6H2,(H2,28,32)(H,30,31). The Morgan fingerprint density at radius 1 is 1.06 bits per heavy atom. The quantitative estimate of drug-likeness (QED) is 0.328. The molecule has 0 saturated heterocycles. The molecule has 168 valence electrons. The Labute approximate surface area is 197 Å². The van der Waals surface area contributed by atoms with Crippen molar-refractivity contribution in [3.8, 4) is 22.4 Å². The molecule has 0 saturated carbocycles. The number of anilines is 1. The van der Waals surface area contributed by atoms with E-state index in [0.717, 1.165) is 5.56 Å². The third-order valence-corrected chi connectivity index (χ3v) is 6.33. The Hall–Kier alpha value is -3.07. The number of aryl methyl sites for hydroxylation is 1. The minimum atomic E-state index is -2.65. The monoisotopic (exact) mass is 487 g/mol. The molecular weight excluding hydrogens is 471 g/mol. The van der Waals surface area contributed by atoms with Gasteiger partial charge in [-0.3, -0.25) is 4.98 Å². The molecular formula is C23H17Cl2F2N5O. The van der Waals surface area contributed by atoms with Gasteiger partial charge in [0, 0.05) is 27.9 Å². The summed E-state index contributed by atoms with van der Waals surface area (Å²) in [6.45, 7) is 0. The first-order chi connectivity index (χ1) is 15.8. The number of nitrogen functional groups attached to an aromatic ring is 1. The number of hydrogen-bond acceptors (Lipinski definition) is 5. The van der Waals surface area contributed by atoms with Gasteiger partial charge in [-0.05, 0) is 54.3 Å². The second-order valence-electron chi connectivity index (χ2n) is 7.84. The second-order valence-corrected chi connectivity index (χ2v) is 8.64. The van der Waals surface area contributed by atoms with E-state index in [2.05, 4.69) is 19.9 Å². The Kier molecular flexibility index (Phi) is 5.31. The Morgan fingerprint density at radius 2 is 1.88 bits per heavy atom. The van der Waals surface area contributed by atoms with Crippen LogP contribution in [0.5, 0.6) is 0 Å². The Bertz CT molecular complexity index is 1380. The fourth-order valence-corrected chi connectivity index (χ4v) is 4.61. The molecule has 4 N–H and O–H groups in total. The third-order valence-electron chi connectivity index (χ3n) is 5.80. The van der Waals surface area contributed by atoms with Crippen LogP contribution >= 0.6 is 23.2 Å². The molecule has 1 aliphatic rings. The molecule has 3 aromatic heterocycles. The zero-order chi connectivity index (χ0) is 23.3. The van der Waals surface area contributed by atoms with Gasteiger partial charge < -0.3 is 15.8 Å². The molecule has 10 heteroatoms. The van der Waals surface area contributed by atoms with Crippen LogP contribution in [-0.2, 0) is 12.0 Å². The molecule has 0 aliphatic heterocycles. The van der Waals surface area contributed by atoms with Gasteiger partial charge >= 0.3 is 0 Å². The number of benzene rings is 1. The van der Waals surface area contributed by atoms with E-state index >= 15 is 0 Å². The lowest BCUT2D eigenvalue weighted by molar-refractivity contribution is 0.0701. The summed E-state index contributed by atoms with van der Waals surface area (Å²) in [6.07, 6.45) is 1.20. The van der Waals surface area contributed by atoms with Crippen molar-refractivity contribution in [1.82, 2.24) is 19.9 Å². The van der Waals surface area contributed by atoms with Crippen molar-refractivity contribution in [2.45, 2.75) is 24.9 Å². The smallest absolute Gasteiger partial charge is 0.264 e. The normalized spacial score (nSPS) is 17.5.